The Morgan fingerprint density at radius 1 is 0.400 bits per heavy atom. The lowest BCUT2D eigenvalue weighted by atomic mass is 9.70. The van der Waals surface area contributed by atoms with Crippen molar-refractivity contribution in [2.75, 3.05) is 0 Å². The van der Waals surface area contributed by atoms with E-state index in [9.17, 15) is 0 Å². The summed E-state index contributed by atoms with van der Waals surface area (Å²) in [5.41, 5.74) is 21.2. The monoisotopic (exact) mass is 699 g/mol. The Kier molecular flexibility index (Phi) is 6.19. The van der Waals surface area contributed by atoms with Gasteiger partial charge in [0.1, 0.15) is 11.5 Å². The summed E-state index contributed by atoms with van der Waals surface area (Å²) in [5, 5.41) is 1.05. The lowest BCUT2D eigenvalue weighted by molar-refractivity contribution is 0.794. The zero-order valence-corrected chi connectivity index (χ0v) is 30.2. The van der Waals surface area contributed by atoms with Crippen molar-refractivity contribution in [3.8, 4) is 55.9 Å². The van der Waals surface area contributed by atoms with Gasteiger partial charge in [-0.1, -0.05) is 151 Å². The van der Waals surface area contributed by atoms with Gasteiger partial charge in [0.15, 0.2) is 0 Å². The third kappa shape index (κ3) is 4.15. The van der Waals surface area contributed by atoms with Gasteiger partial charge in [0.05, 0.1) is 22.0 Å². The molecule has 10 aromatic rings. The fourth-order valence-corrected chi connectivity index (χ4v) is 9.60. The van der Waals surface area contributed by atoms with Crippen LogP contribution in [-0.2, 0) is 5.41 Å². The summed E-state index contributed by atoms with van der Waals surface area (Å²) < 4.78 is 2.21. The van der Waals surface area contributed by atoms with Crippen LogP contribution in [0.3, 0.4) is 0 Å². The minimum Gasteiger partial charge on any atom is -0.276 e. The number of hydrogen-bond donors (Lipinski definition) is 0. The molecule has 8 aromatic carbocycles. The van der Waals surface area contributed by atoms with E-state index in [4.69, 9.17) is 9.97 Å². The van der Waals surface area contributed by atoms with Gasteiger partial charge in [0, 0.05) is 10.9 Å². The van der Waals surface area contributed by atoms with Crippen molar-refractivity contribution in [1.29, 1.82) is 0 Å². The molecule has 0 unspecified atom stereocenters. The number of rotatable bonds is 3. The Morgan fingerprint density at radius 2 is 0.891 bits per heavy atom. The van der Waals surface area contributed by atoms with Gasteiger partial charge in [0.25, 0.3) is 0 Å². The second-order valence-corrected chi connectivity index (χ2v) is 15.0. The summed E-state index contributed by atoms with van der Waals surface area (Å²) in [6.45, 7) is 2.15. The largest absolute Gasteiger partial charge is 0.276 e. The standard InChI is InChI=1S/C52H33N3/c1-32-18-20-33(21-19-32)36-26-28-40-41-29-27-37(31-46(41)52(45(40)30-36)43-13-5-2-10-38(43)39-11-3-6-14-44(39)52)34-22-24-35(25-23-34)50-53-47-15-7-4-12-42(47)51-54-48-16-8-9-17-49(48)55(50)51/h2-31H,1H3. The van der Waals surface area contributed by atoms with Crippen LogP contribution >= 0.6 is 0 Å². The molecule has 0 atom stereocenters. The van der Waals surface area contributed by atoms with Crippen LogP contribution in [0.1, 0.15) is 27.8 Å². The first-order chi connectivity index (χ1) is 27.2. The number of aryl methyl sites for hydroxylation is 1. The molecule has 0 amide bonds. The number of benzene rings is 8. The second kappa shape index (κ2) is 11.2. The van der Waals surface area contributed by atoms with E-state index in [1.54, 1.807) is 0 Å². The summed E-state index contributed by atoms with van der Waals surface area (Å²) in [7, 11) is 0. The Labute approximate surface area is 318 Å². The number of imidazole rings is 1. The molecule has 3 nitrogen and oxygen atoms in total. The van der Waals surface area contributed by atoms with E-state index in [-0.39, 0.29) is 0 Å². The summed E-state index contributed by atoms with van der Waals surface area (Å²) in [6, 6.07) is 66.8. The normalized spacial score (nSPS) is 13.3. The van der Waals surface area contributed by atoms with Crippen molar-refractivity contribution >= 4 is 27.6 Å². The quantitative estimate of drug-likeness (QED) is 0.184. The molecule has 3 heteroatoms. The third-order valence-corrected chi connectivity index (χ3v) is 12.1. The summed E-state index contributed by atoms with van der Waals surface area (Å²) in [5.74, 6) is 0.890. The smallest absolute Gasteiger partial charge is 0.149 e. The van der Waals surface area contributed by atoms with Crippen molar-refractivity contribution < 1.29 is 0 Å². The van der Waals surface area contributed by atoms with Gasteiger partial charge in [-0.05, 0) is 110 Å². The minimum atomic E-state index is -0.433. The molecule has 256 valence electrons. The van der Waals surface area contributed by atoms with E-state index < -0.39 is 5.41 Å². The van der Waals surface area contributed by atoms with Crippen LogP contribution in [0.2, 0.25) is 0 Å². The lowest BCUT2D eigenvalue weighted by Gasteiger charge is -2.31. The molecular weight excluding hydrogens is 667 g/mol. The number of nitrogens with zero attached hydrogens (tertiary/aromatic N) is 3. The van der Waals surface area contributed by atoms with Crippen molar-refractivity contribution in [2.24, 2.45) is 0 Å². The Hall–Kier alpha value is -7.10. The lowest BCUT2D eigenvalue weighted by Crippen LogP contribution is -2.26. The van der Waals surface area contributed by atoms with Crippen molar-refractivity contribution in [3.63, 3.8) is 0 Å². The molecule has 0 radical (unpaired) electrons. The predicted octanol–water partition coefficient (Wildman–Crippen LogP) is 12.7. The molecule has 2 aliphatic rings. The minimum absolute atomic E-state index is 0.433. The maximum absolute atomic E-state index is 5.22. The highest BCUT2D eigenvalue weighted by Crippen LogP contribution is 2.63. The zero-order chi connectivity index (χ0) is 36.3. The van der Waals surface area contributed by atoms with E-state index in [0.29, 0.717) is 0 Å². The second-order valence-electron chi connectivity index (χ2n) is 15.0. The van der Waals surface area contributed by atoms with E-state index in [1.165, 1.54) is 72.3 Å². The van der Waals surface area contributed by atoms with Crippen LogP contribution in [0.4, 0.5) is 0 Å². The number of hydrogen-bond acceptors (Lipinski definition) is 2. The van der Waals surface area contributed by atoms with E-state index in [1.807, 2.05) is 12.1 Å². The van der Waals surface area contributed by atoms with Gasteiger partial charge in [-0.25, -0.2) is 9.97 Å². The summed E-state index contributed by atoms with van der Waals surface area (Å²) >= 11 is 0. The molecule has 0 bridgehead atoms. The van der Waals surface area contributed by atoms with Gasteiger partial charge < -0.3 is 0 Å². The zero-order valence-electron chi connectivity index (χ0n) is 30.2. The maximum atomic E-state index is 5.22. The van der Waals surface area contributed by atoms with Crippen LogP contribution in [-0.4, -0.2) is 14.4 Å². The van der Waals surface area contributed by atoms with Gasteiger partial charge in [-0.3, -0.25) is 4.40 Å². The molecule has 2 aromatic heterocycles. The van der Waals surface area contributed by atoms with Crippen LogP contribution in [0, 0.1) is 6.92 Å². The third-order valence-electron chi connectivity index (χ3n) is 12.1. The number of fused-ring (bicyclic) bond motifs is 15. The van der Waals surface area contributed by atoms with E-state index in [0.717, 1.165) is 39.0 Å². The topological polar surface area (TPSA) is 30.2 Å². The first-order valence-electron chi connectivity index (χ1n) is 19.0. The van der Waals surface area contributed by atoms with Gasteiger partial charge >= 0.3 is 0 Å². The Morgan fingerprint density at radius 3 is 1.55 bits per heavy atom. The molecule has 12 rings (SSSR count). The fraction of sp³-hybridized carbons (Fsp3) is 0.0385. The Balaban J connectivity index is 1.05. The van der Waals surface area contributed by atoms with Crippen LogP contribution in [0.15, 0.2) is 182 Å². The molecule has 2 aliphatic carbocycles. The molecule has 0 N–H and O–H groups in total. The number of para-hydroxylation sites is 3. The fourth-order valence-electron chi connectivity index (χ4n) is 9.60. The Bertz CT molecular complexity index is 3160. The molecule has 55 heavy (non-hydrogen) atoms. The summed E-state index contributed by atoms with van der Waals surface area (Å²) in [6.07, 6.45) is 0. The van der Waals surface area contributed by atoms with Crippen LogP contribution < -0.4 is 0 Å². The average molecular weight is 700 g/mol. The van der Waals surface area contributed by atoms with E-state index >= 15 is 0 Å². The van der Waals surface area contributed by atoms with Crippen molar-refractivity contribution in [3.05, 3.63) is 210 Å². The first-order valence-corrected chi connectivity index (χ1v) is 19.0. The SMILES string of the molecule is Cc1ccc(-c2ccc3c(c2)C2(c4ccccc4-c4ccccc42)c2cc(-c4ccc(-c5nc6ccccc6c6nc7ccccc7n56)cc4)ccc2-3)cc1. The number of aromatic nitrogens is 3. The van der Waals surface area contributed by atoms with E-state index in [2.05, 4.69) is 181 Å². The highest BCUT2D eigenvalue weighted by molar-refractivity contribution is 5.99. The molecule has 0 fully saturated rings. The molecule has 0 aliphatic heterocycles. The summed E-state index contributed by atoms with van der Waals surface area (Å²) in [4.78, 5) is 10.3. The molecule has 0 saturated carbocycles. The van der Waals surface area contributed by atoms with Crippen LogP contribution in [0.5, 0.6) is 0 Å². The molecule has 2 heterocycles. The van der Waals surface area contributed by atoms with Gasteiger partial charge in [-0.15, -0.1) is 0 Å². The van der Waals surface area contributed by atoms with Gasteiger partial charge in [0.2, 0.25) is 0 Å². The average Bonchev–Trinajstić information content (AvgIpc) is 3.88. The molecular formula is C52H33N3. The molecule has 0 saturated heterocycles. The van der Waals surface area contributed by atoms with Crippen LogP contribution in [0.25, 0.3) is 83.5 Å². The van der Waals surface area contributed by atoms with Crippen molar-refractivity contribution in [1.82, 2.24) is 14.4 Å². The predicted molar refractivity (Wildman–Crippen MR) is 225 cm³/mol. The highest BCUT2D eigenvalue weighted by Gasteiger charge is 2.51. The van der Waals surface area contributed by atoms with Gasteiger partial charge in [-0.2, -0.15) is 0 Å². The molecule has 1 spiro atoms. The first kappa shape index (κ1) is 30.4. The van der Waals surface area contributed by atoms with Crippen molar-refractivity contribution in [2.45, 2.75) is 12.3 Å². The maximum Gasteiger partial charge on any atom is 0.149 e. The highest BCUT2D eigenvalue weighted by atomic mass is 15.1.